The Morgan fingerprint density at radius 3 is 2.61 bits per heavy atom. The van der Waals surface area contributed by atoms with Gasteiger partial charge in [-0.2, -0.15) is 0 Å². The van der Waals surface area contributed by atoms with E-state index in [1.165, 1.54) is 19.3 Å². The van der Waals surface area contributed by atoms with E-state index >= 15 is 0 Å². The molecule has 0 bridgehead atoms. The molecule has 18 heavy (non-hydrogen) atoms. The van der Waals surface area contributed by atoms with Gasteiger partial charge >= 0.3 is 0 Å². The first-order chi connectivity index (χ1) is 8.78. The van der Waals surface area contributed by atoms with E-state index < -0.39 is 0 Å². The van der Waals surface area contributed by atoms with Crippen molar-refractivity contribution in [2.45, 2.75) is 25.7 Å². The van der Waals surface area contributed by atoms with Crippen molar-refractivity contribution in [3.63, 3.8) is 0 Å². The van der Waals surface area contributed by atoms with Crippen LogP contribution in [0.25, 0.3) is 0 Å². The maximum absolute atomic E-state index is 11.7. The normalized spacial score (nSPS) is 14.9. The number of ether oxygens (including phenoxy) is 1. The van der Waals surface area contributed by atoms with E-state index in [0.29, 0.717) is 18.1 Å². The van der Waals surface area contributed by atoms with Crippen LogP contribution in [0.4, 0.5) is 5.69 Å². The van der Waals surface area contributed by atoms with Gasteiger partial charge in [-0.15, -0.1) is 0 Å². The molecule has 0 aliphatic heterocycles. The lowest BCUT2D eigenvalue weighted by molar-refractivity contribution is -0.117. The van der Waals surface area contributed by atoms with Gasteiger partial charge in [-0.05, 0) is 43.0 Å². The number of amides is 1. The van der Waals surface area contributed by atoms with E-state index in [1.807, 2.05) is 12.1 Å². The molecule has 4 heteroatoms. The number of carbonyl (C=O) groups excluding carboxylic acids is 1. The molecule has 1 aliphatic carbocycles. The van der Waals surface area contributed by atoms with E-state index in [9.17, 15) is 4.79 Å². The van der Waals surface area contributed by atoms with Crippen LogP contribution >= 0.6 is 0 Å². The minimum Gasteiger partial charge on any atom is -0.491 e. The zero-order valence-electron chi connectivity index (χ0n) is 10.4. The molecule has 0 heterocycles. The zero-order chi connectivity index (χ0) is 12.8. The monoisotopic (exact) mass is 249 g/mol. The summed E-state index contributed by atoms with van der Waals surface area (Å²) in [6.07, 6.45) is 4.25. The van der Waals surface area contributed by atoms with Gasteiger partial charge in [0, 0.05) is 12.1 Å². The molecule has 98 valence electrons. The SMILES string of the molecule is O=C(CC1CCC1)Nc1ccc(OCCO)cc1. The molecular weight excluding hydrogens is 230 g/mol. The van der Waals surface area contributed by atoms with Gasteiger partial charge in [0.1, 0.15) is 12.4 Å². The van der Waals surface area contributed by atoms with Crippen LogP contribution in [0.5, 0.6) is 5.75 Å². The van der Waals surface area contributed by atoms with Crippen LogP contribution in [-0.2, 0) is 4.79 Å². The second kappa shape index (κ2) is 6.40. The van der Waals surface area contributed by atoms with Gasteiger partial charge in [0.25, 0.3) is 0 Å². The van der Waals surface area contributed by atoms with Crippen molar-refractivity contribution in [3.8, 4) is 5.75 Å². The maximum atomic E-state index is 11.7. The number of carbonyl (C=O) groups is 1. The molecule has 2 N–H and O–H groups in total. The Hall–Kier alpha value is -1.55. The fraction of sp³-hybridized carbons (Fsp3) is 0.500. The Labute approximate surface area is 107 Å². The van der Waals surface area contributed by atoms with Crippen LogP contribution in [0.1, 0.15) is 25.7 Å². The van der Waals surface area contributed by atoms with Gasteiger partial charge in [0.15, 0.2) is 0 Å². The summed E-state index contributed by atoms with van der Waals surface area (Å²) in [7, 11) is 0. The highest BCUT2D eigenvalue weighted by Gasteiger charge is 2.20. The third-order valence-corrected chi connectivity index (χ3v) is 3.20. The number of benzene rings is 1. The van der Waals surface area contributed by atoms with E-state index in [-0.39, 0.29) is 19.1 Å². The van der Waals surface area contributed by atoms with E-state index in [4.69, 9.17) is 9.84 Å². The number of nitrogens with one attached hydrogen (secondary N) is 1. The molecule has 0 radical (unpaired) electrons. The number of rotatable bonds is 6. The highest BCUT2D eigenvalue weighted by Crippen LogP contribution is 2.29. The lowest BCUT2D eigenvalue weighted by Crippen LogP contribution is -2.20. The maximum Gasteiger partial charge on any atom is 0.224 e. The summed E-state index contributed by atoms with van der Waals surface area (Å²) in [5, 5.41) is 11.5. The fourth-order valence-corrected chi connectivity index (χ4v) is 1.97. The van der Waals surface area contributed by atoms with Crippen LogP contribution in [0.2, 0.25) is 0 Å². The Kier molecular flexibility index (Phi) is 4.59. The summed E-state index contributed by atoms with van der Waals surface area (Å²) < 4.78 is 5.24. The quantitative estimate of drug-likeness (QED) is 0.812. The van der Waals surface area contributed by atoms with Crippen molar-refractivity contribution in [2.24, 2.45) is 5.92 Å². The van der Waals surface area contributed by atoms with Gasteiger partial charge in [-0.25, -0.2) is 0 Å². The van der Waals surface area contributed by atoms with Crippen LogP contribution < -0.4 is 10.1 Å². The summed E-state index contributed by atoms with van der Waals surface area (Å²) in [4.78, 5) is 11.7. The van der Waals surface area contributed by atoms with Crippen LogP contribution in [0.3, 0.4) is 0 Å². The Morgan fingerprint density at radius 2 is 2.06 bits per heavy atom. The number of aliphatic hydroxyl groups excluding tert-OH is 1. The lowest BCUT2D eigenvalue weighted by atomic mass is 9.83. The third kappa shape index (κ3) is 3.74. The van der Waals surface area contributed by atoms with Crippen molar-refractivity contribution >= 4 is 11.6 Å². The van der Waals surface area contributed by atoms with Crippen molar-refractivity contribution in [2.75, 3.05) is 18.5 Å². The first-order valence-electron chi connectivity index (χ1n) is 6.41. The molecule has 1 fully saturated rings. The van der Waals surface area contributed by atoms with Crippen LogP contribution in [0.15, 0.2) is 24.3 Å². The van der Waals surface area contributed by atoms with Crippen molar-refractivity contribution < 1.29 is 14.6 Å². The molecule has 0 unspecified atom stereocenters. The zero-order valence-corrected chi connectivity index (χ0v) is 10.4. The number of hydrogen-bond acceptors (Lipinski definition) is 3. The topological polar surface area (TPSA) is 58.6 Å². The number of aliphatic hydroxyl groups is 1. The minimum absolute atomic E-state index is 0.000123. The standard InChI is InChI=1S/C14H19NO3/c16-8-9-18-13-6-4-12(5-7-13)15-14(17)10-11-2-1-3-11/h4-7,11,16H,1-3,8-10H2,(H,15,17). The van der Waals surface area contributed by atoms with Crippen LogP contribution in [-0.4, -0.2) is 24.2 Å². The van der Waals surface area contributed by atoms with Gasteiger partial charge in [0.2, 0.25) is 5.91 Å². The summed E-state index contributed by atoms with van der Waals surface area (Å²) in [5.41, 5.74) is 0.788. The van der Waals surface area contributed by atoms with E-state index in [0.717, 1.165) is 5.69 Å². The molecule has 1 aromatic rings. The highest BCUT2D eigenvalue weighted by atomic mass is 16.5. The van der Waals surface area contributed by atoms with Crippen molar-refractivity contribution in [1.82, 2.24) is 0 Å². The van der Waals surface area contributed by atoms with E-state index in [1.54, 1.807) is 12.1 Å². The molecular formula is C14H19NO3. The molecule has 1 aromatic carbocycles. The number of hydrogen-bond donors (Lipinski definition) is 2. The molecule has 1 amide bonds. The first kappa shape index (κ1) is 12.9. The first-order valence-corrected chi connectivity index (χ1v) is 6.41. The molecule has 0 spiro atoms. The molecule has 0 saturated heterocycles. The summed E-state index contributed by atoms with van der Waals surface area (Å²) in [5.74, 6) is 1.36. The predicted molar refractivity (Wildman–Crippen MR) is 69.6 cm³/mol. The van der Waals surface area contributed by atoms with Gasteiger partial charge in [0.05, 0.1) is 6.61 Å². The second-order valence-corrected chi connectivity index (χ2v) is 4.65. The largest absolute Gasteiger partial charge is 0.491 e. The Morgan fingerprint density at radius 1 is 1.33 bits per heavy atom. The molecule has 0 atom stereocenters. The Balaban J connectivity index is 1.79. The molecule has 1 aliphatic rings. The van der Waals surface area contributed by atoms with Gasteiger partial charge in [-0.3, -0.25) is 4.79 Å². The van der Waals surface area contributed by atoms with Crippen LogP contribution in [0, 0.1) is 5.92 Å². The molecule has 0 aromatic heterocycles. The second-order valence-electron chi connectivity index (χ2n) is 4.65. The summed E-state index contributed by atoms with van der Waals surface area (Å²) in [6, 6.07) is 7.19. The highest BCUT2D eigenvalue weighted by molar-refractivity contribution is 5.90. The minimum atomic E-state index is -0.000123. The molecule has 2 rings (SSSR count). The van der Waals surface area contributed by atoms with Gasteiger partial charge < -0.3 is 15.2 Å². The molecule has 4 nitrogen and oxygen atoms in total. The average Bonchev–Trinajstić information content (AvgIpc) is 2.33. The average molecular weight is 249 g/mol. The van der Waals surface area contributed by atoms with Crippen molar-refractivity contribution in [3.05, 3.63) is 24.3 Å². The lowest BCUT2D eigenvalue weighted by Gasteiger charge is -2.24. The van der Waals surface area contributed by atoms with Gasteiger partial charge in [-0.1, -0.05) is 6.42 Å². The number of anilines is 1. The molecule has 1 saturated carbocycles. The van der Waals surface area contributed by atoms with Crippen molar-refractivity contribution in [1.29, 1.82) is 0 Å². The van der Waals surface area contributed by atoms with E-state index in [2.05, 4.69) is 5.32 Å². The summed E-state index contributed by atoms with van der Waals surface area (Å²) >= 11 is 0. The third-order valence-electron chi connectivity index (χ3n) is 3.20. The smallest absolute Gasteiger partial charge is 0.224 e. The Bertz CT molecular complexity index is 385. The fourth-order valence-electron chi connectivity index (χ4n) is 1.97. The predicted octanol–water partition coefficient (Wildman–Crippen LogP) is 2.19. The summed E-state index contributed by atoms with van der Waals surface area (Å²) in [6.45, 7) is 0.285.